The van der Waals surface area contributed by atoms with Crippen molar-refractivity contribution in [3.8, 4) is 0 Å². The number of aromatic nitrogens is 3. The molecule has 2 aromatic rings. The highest BCUT2D eigenvalue weighted by Gasteiger charge is 2.32. The van der Waals surface area contributed by atoms with Crippen LogP contribution in [0.25, 0.3) is 0 Å². The highest BCUT2D eigenvalue weighted by Crippen LogP contribution is 2.34. The van der Waals surface area contributed by atoms with E-state index in [1.807, 2.05) is 19.6 Å². The first-order valence-corrected chi connectivity index (χ1v) is 8.49. The maximum absolute atomic E-state index is 12.3. The average Bonchev–Trinajstić information content (AvgIpc) is 3.22. The van der Waals surface area contributed by atoms with Gasteiger partial charge in [-0.2, -0.15) is 0 Å². The molecule has 0 saturated carbocycles. The van der Waals surface area contributed by atoms with Crippen molar-refractivity contribution in [3.05, 3.63) is 35.7 Å². The molecule has 0 aliphatic carbocycles. The van der Waals surface area contributed by atoms with Crippen LogP contribution in [-0.2, 0) is 18.4 Å². The Kier molecular flexibility index (Phi) is 5.50. The van der Waals surface area contributed by atoms with Gasteiger partial charge < -0.3 is 19.1 Å². The fraction of sp³-hybridized carbons (Fsp3) is 0.588. The molecule has 0 aromatic carbocycles. The van der Waals surface area contributed by atoms with Crippen molar-refractivity contribution in [2.24, 2.45) is 13.0 Å². The van der Waals surface area contributed by atoms with Crippen LogP contribution in [0.1, 0.15) is 40.8 Å². The highest BCUT2D eigenvalue weighted by atomic mass is 16.5. The third-order valence-electron chi connectivity index (χ3n) is 4.77. The van der Waals surface area contributed by atoms with Crippen molar-refractivity contribution in [1.82, 2.24) is 24.9 Å². The average molecular weight is 347 g/mol. The molecule has 1 saturated heterocycles. The lowest BCUT2D eigenvalue weighted by molar-refractivity contribution is 0.0873. The van der Waals surface area contributed by atoms with Crippen molar-refractivity contribution in [2.75, 3.05) is 27.2 Å². The Balaban J connectivity index is 1.65. The first kappa shape index (κ1) is 17.6. The summed E-state index contributed by atoms with van der Waals surface area (Å²) in [5.41, 5.74) is 1.46. The van der Waals surface area contributed by atoms with Crippen LogP contribution in [0.4, 0.5) is 0 Å². The Labute approximate surface area is 147 Å². The number of amides is 1. The molecule has 3 heterocycles. The van der Waals surface area contributed by atoms with Gasteiger partial charge in [-0.1, -0.05) is 5.16 Å². The summed E-state index contributed by atoms with van der Waals surface area (Å²) in [5.74, 6) is 0.643. The molecule has 0 unspecified atom stereocenters. The fourth-order valence-electron chi connectivity index (χ4n) is 3.54. The van der Waals surface area contributed by atoms with E-state index in [0.717, 1.165) is 19.4 Å². The number of imidazole rings is 1. The Hall–Kier alpha value is -2.19. The Morgan fingerprint density at radius 1 is 1.48 bits per heavy atom. The van der Waals surface area contributed by atoms with E-state index in [4.69, 9.17) is 9.26 Å². The van der Waals surface area contributed by atoms with Crippen LogP contribution >= 0.6 is 0 Å². The minimum atomic E-state index is -0.219. The number of carbonyl (C=O) groups excluding carboxylic acids is 1. The molecular formula is C17H25N5O3. The smallest absolute Gasteiger partial charge is 0.273 e. The van der Waals surface area contributed by atoms with Crippen LogP contribution in [0.2, 0.25) is 0 Å². The lowest BCUT2D eigenvalue weighted by Gasteiger charge is -2.39. The van der Waals surface area contributed by atoms with Crippen molar-refractivity contribution in [3.63, 3.8) is 0 Å². The Bertz CT molecular complexity index is 711. The van der Waals surface area contributed by atoms with E-state index in [2.05, 4.69) is 32.0 Å². The summed E-state index contributed by atoms with van der Waals surface area (Å²) in [4.78, 5) is 18.9. The van der Waals surface area contributed by atoms with Crippen LogP contribution < -0.4 is 5.32 Å². The summed E-state index contributed by atoms with van der Waals surface area (Å²) in [5, 5.41) is 6.80. The van der Waals surface area contributed by atoms with Gasteiger partial charge in [0.05, 0.1) is 18.1 Å². The first-order valence-electron chi connectivity index (χ1n) is 8.49. The number of piperidine rings is 1. The number of nitrogens with zero attached hydrogens (tertiary/aromatic N) is 4. The minimum Gasteiger partial charge on any atom is -0.377 e. The van der Waals surface area contributed by atoms with E-state index in [1.165, 1.54) is 5.69 Å². The topological polar surface area (TPSA) is 85.4 Å². The molecule has 136 valence electrons. The van der Waals surface area contributed by atoms with Gasteiger partial charge in [0, 0.05) is 33.0 Å². The summed E-state index contributed by atoms with van der Waals surface area (Å²) >= 11 is 0. The maximum atomic E-state index is 12.3. The van der Waals surface area contributed by atoms with E-state index in [-0.39, 0.29) is 17.6 Å². The second-order valence-electron chi connectivity index (χ2n) is 6.58. The molecular weight excluding hydrogens is 322 g/mol. The molecule has 1 amide bonds. The van der Waals surface area contributed by atoms with Gasteiger partial charge in [-0.15, -0.1) is 0 Å². The largest absolute Gasteiger partial charge is 0.377 e. The third kappa shape index (κ3) is 3.91. The van der Waals surface area contributed by atoms with Crippen molar-refractivity contribution >= 4 is 5.91 Å². The quantitative estimate of drug-likeness (QED) is 0.849. The number of hydrogen-bond donors (Lipinski definition) is 1. The first-order chi connectivity index (χ1) is 12.1. The second-order valence-corrected chi connectivity index (χ2v) is 6.58. The number of hydrogen-bond acceptors (Lipinski definition) is 6. The SMILES string of the molecule is COCc1cc(C(=O)NC[C@@H]2CCCN(C)[C@H]2c2cncn2C)no1. The number of aryl methyl sites for hydroxylation is 1. The molecule has 1 aliphatic rings. The zero-order valence-electron chi connectivity index (χ0n) is 14.9. The predicted octanol–water partition coefficient (Wildman–Crippen LogP) is 1.37. The van der Waals surface area contributed by atoms with E-state index in [1.54, 1.807) is 13.2 Å². The van der Waals surface area contributed by atoms with Gasteiger partial charge in [-0.05, 0) is 32.4 Å². The summed E-state index contributed by atoms with van der Waals surface area (Å²) < 4.78 is 12.1. The zero-order valence-corrected chi connectivity index (χ0v) is 14.9. The number of rotatable bonds is 6. The molecule has 2 aromatic heterocycles. The molecule has 0 bridgehead atoms. The summed E-state index contributed by atoms with van der Waals surface area (Å²) in [6.07, 6.45) is 5.91. The molecule has 1 fully saturated rings. The van der Waals surface area contributed by atoms with E-state index >= 15 is 0 Å². The lowest BCUT2D eigenvalue weighted by Crippen LogP contribution is -2.42. The van der Waals surface area contributed by atoms with Crippen LogP contribution in [-0.4, -0.2) is 52.8 Å². The Morgan fingerprint density at radius 2 is 2.32 bits per heavy atom. The van der Waals surface area contributed by atoms with Gasteiger partial charge in [0.2, 0.25) is 0 Å². The lowest BCUT2D eigenvalue weighted by atomic mass is 9.87. The van der Waals surface area contributed by atoms with Crippen LogP contribution in [0, 0.1) is 5.92 Å². The monoisotopic (exact) mass is 347 g/mol. The van der Waals surface area contributed by atoms with Crippen molar-refractivity contribution < 1.29 is 14.1 Å². The summed E-state index contributed by atoms with van der Waals surface area (Å²) in [6.45, 7) is 1.94. The van der Waals surface area contributed by atoms with Crippen molar-refractivity contribution in [2.45, 2.75) is 25.5 Å². The van der Waals surface area contributed by atoms with Crippen molar-refractivity contribution in [1.29, 1.82) is 0 Å². The predicted molar refractivity (Wildman–Crippen MR) is 90.9 cm³/mol. The molecule has 3 rings (SSSR count). The molecule has 8 nitrogen and oxygen atoms in total. The molecule has 2 atom stereocenters. The summed E-state index contributed by atoms with van der Waals surface area (Å²) in [7, 11) is 5.70. The van der Waals surface area contributed by atoms with Gasteiger partial charge in [-0.3, -0.25) is 9.69 Å². The number of methoxy groups -OCH3 is 1. The number of ether oxygens (including phenoxy) is 1. The van der Waals surface area contributed by atoms with E-state index in [9.17, 15) is 4.79 Å². The van der Waals surface area contributed by atoms with Gasteiger partial charge in [-0.25, -0.2) is 4.98 Å². The van der Waals surface area contributed by atoms with Crippen LogP contribution in [0.3, 0.4) is 0 Å². The second kappa shape index (κ2) is 7.79. The molecule has 25 heavy (non-hydrogen) atoms. The fourth-order valence-corrected chi connectivity index (χ4v) is 3.54. The van der Waals surface area contributed by atoms with E-state index in [0.29, 0.717) is 24.8 Å². The molecule has 0 spiro atoms. The zero-order chi connectivity index (χ0) is 17.8. The molecule has 0 radical (unpaired) electrons. The van der Waals surface area contributed by atoms with Gasteiger partial charge >= 0.3 is 0 Å². The van der Waals surface area contributed by atoms with Crippen LogP contribution in [0.15, 0.2) is 23.1 Å². The Morgan fingerprint density at radius 3 is 3.04 bits per heavy atom. The van der Waals surface area contributed by atoms with Gasteiger partial charge in [0.15, 0.2) is 11.5 Å². The standard InChI is InChI=1S/C17H25N5O3/c1-21-6-4-5-12(16(21)15-9-18-11-22(15)2)8-19-17(23)14-7-13(10-24-3)25-20-14/h7,9,11-12,16H,4-6,8,10H2,1-3H3,(H,19,23)/t12-,16+/m0/s1. The molecule has 1 N–H and O–H groups in total. The van der Waals surface area contributed by atoms with E-state index < -0.39 is 0 Å². The molecule has 8 heteroatoms. The van der Waals surface area contributed by atoms with Gasteiger partial charge in [0.1, 0.15) is 6.61 Å². The normalized spacial score (nSPS) is 21.4. The minimum absolute atomic E-state index is 0.219. The molecule has 1 aliphatic heterocycles. The van der Waals surface area contributed by atoms with Gasteiger partial charge in [0.25, 0.3) is 5.91 Å². The number of nitrogens with one attached hydrogen (secondary N) is 1. The highest BCUT2D eigenvalue weighted by molar-refractivity contribution is 5.92. The summed E-state index contributed by atoms with van der Waals surface area (Å²) in [6, 6.07) is 1.85. The van der Waals surface area contributed by atoms with Crippen LogP contribution in [0.5, 0.6) is 0 Å². The maximum Gasteiger partial charge on any atom is 0.273 e. The number of carbonyl (C=O) groups is 1. The number of likely N-dealkylation sites (tertiary alicyclic amines) is 1. The third-order valence-corrected chi connectivity index (χ3v) is 4.77.